The van der Waals surface area contributed by atoms with E-state index < -0.39 is 0 Å². The number of rotatable bonds is 4. The maximum atomic E-state index is 3.54. The van der Waals surface area contributed by atoms with Gasteiger partial charge >= 0.3 is 0 Å². The van der Waals surface area contributed by atoms with Gasteiger partial charge in [0.15, 0.2) is 0 Å². The minimum atomic E-state index is -0.386. The molecule has 170 valence electrons. The van der Waals surface area contributed by atoms with Gasteiger partial charge in [0.25, 0.3) is 0 Å². The van der Waals surface area contributed by atoms with E-state index in [-0.39, 0.29) is 5.41 Å². The zero-order valence-electron chi connectivity index (χ0n) is 19.9. The fraction of sp³-hybridized carbons (Fsp3) is 0.0286. The van der Waals surface area contributed by atoms with E-state index in [1.807, 2.05) is 6.07 Å². The van der Waals surface area contributed by atoms with Gasteiger partial charge in [-0.05, 0) is 68.4 Å². The quantitative estimate of drug-likeness (QED) is 0.277. The topological polar surface area (TPSA) is 12.0 Å². The van der Waals surface area contributed by atoms with Gasteiger partial charge < -0.3 is 5.32 Å². The molecule has 36 heavy (non-hydrogen) atoms. The normalized spacial score (nSPS) is 15.9. The van der Waals surface area contributed by atoms with E-state index in [1.54, 1.807) is 0 Å². The molecule has 0 saturated carbocycles. The largest absolute Gasteiger partial charge is 0.356 e. The average Bonchev–Trinajstić information content (AvgIpc) is 3.26. The number of benzene rings is 6. The molecular formula is C35H25N. The van der Waals surface area contributed by atoms with Crippen LogP contribution in [-0.4, -0.2) is 0 Å². The van der Waals surface area contributed by atoms with E-state index in [0.29, 0.717) is 0 Å². The van der Waals surface area contributed by atoms with E-state index in [9.17, 15) is 0 Å². The molecule has 0 heterocycles. The summed E-state index contributed by atoms with van der Waals surface area (Å²) in [6, 6.07) is 52.6. The molecule has 0 saturated heterocycles. The Morgan fingerprint density at radius 2 is 1.03 bits per heavy atom. The second-order valence-corrected chi connectivity index (χ2v) is 9.44. The summed E-state index contributed by atoms with van der Waals surface area (Å²) >= 11 is 0. The van der Waals surface area contributed by atoms with Gasteiger partial charge in [0.05, 0.1) is 5.41 Å². The summed E-state index contributed by atoms with van der Waals surface area (Å²) in [5.74, 6) is 0. The molecule has 1 N–H and O–H groups in total. The zero-order chi connectivity index (χ0) is 24.0. The smallest absolute Gasteiger partial charge is 0.0713 e. The third-order valence-electron chi connectivity index (χ3n) is 7.52. The first kappa shape index (κ1) is 20.7. The molecule has 1 heteroatoms. The lowest BCUT2D eigenvalue weighted by molar-refractivity contribution is 0.769. The van der Waals surface area contributed by atoms with Gasteiger partial charge in [-0.3, -0.25) is 0 Å². The highest BCUT2D eigenvalue weighted by molar-refractivity contribution is 6.04. The maximum absolute atomic E-state index is 3.54. The lowest BCUT2D eigenvalue weighted by atomic mass is 9.67. The van der Waals surface area contributed by atoms with Crippen LogP contribution in [-0.2, 0) is 5.41 Å². The molecule has 1 atom stereocenters. The number of hydrogen-bond donors (Lipinski definition) is 1. The van der Waals surface area contributed by atoms with Crippen molar-refractivity contribution in [3.8, 4) is 11.1 Å². The Hall–Kier alpha value is -4.62. The first-order chi connectivity index (χ1) is 17.9. The molecule has 1 aliphatic rings. The van der Waals surface area contributed by atoms with Crippen molar-refractivity contribution in [2.75, 3.05) is 5.32 Å². The summed E-state index contributed by atoms with van der Waals surface area (Å²) in [5.41, 5.74) is 9.69. The first-order valence-corrected chi connectivity index (χ1v) is 12.5. The fourth-order valence-electron chi connectivity index (χ4n) is 6.02. The minimum absolute atomic E-state index is 0.386. The first-order valence-electron chi connectivity index (χ1n) is 12.5. The minimum Gasteiger partial charge on any atom is -0.356 e. The third kappa shape index (κ3) is 3.03. The lowest BCUT2D eigenvalue weighted by Crippen LogP contribution is -2.28. The average molecular weight is 460 g/mol. The van der Waals surface area contributed by atoms with Crippen LogP contribution in [0.25, 0.3) is 21.9 Å². The van der Waals surface area contributed by atoms with Crippen LogP contribution in [0.1, 0.15) is 22.3 Å². The Morgan fingerprint density at radius 3 is 1.83 bits per heavy atom. The Labute approximate surface area is 211 Å². The van der Waals surface area contributed by atoms with Crippen molar-refractivity contribution in [3.05, 3.63) is 168 Å². The molecule has 0 aromatic heterocycles. The van der Waals surface area contributed by atoms with Crippen molar-refractivity contribution >= 4 is 22.1 Å². The molecule has 1 unspecified atom stereocenters. The molecular weight excluding hydrogens is 434 g/mol. The van der Waals surface area contributed by atoms with E-state index in [1.165, 1.54) is 44.2 Å². The van der Waals surface area contributed by atoms with Crippen LogP contribution in [0.2, 0.25) is 0 Å². The SMILES string of the molecule is c1ccc(Nc2ccc(C3(c4ccccc4)c4ccccc4-c4c3ccc3ccccc43)cc2)cc1. The second-order valence-electron chi connectivity index (χ2n) is 9.44. The number of hydrogen-bond acceptors (Lipinski definition) is 1. The predicted octanol–water partition coefficient (Wildman–Crippen LogP) is 8.95. The Morgan fingerprint density at radius 1 is 0.417 bits per heavy atom. The van der Waals surface area contributed by atoms with Crippen molar-refractivity contribution in [3.63, 3.8) is 0 Å². The van der Waals surface area contributed by atoms with Gasteiger partial charge in [-0.1, -0.05) is 121 Å². The van der Waals surface area contributed by atoms with Crippen molar-refractivity contribution in [2.45, 2.75) is 5.41 Å². The van der Waals surface area contributed by atoms with Gasteiger partial charge in [-0.25, -0.2) is 0 Å². The van der Waals surface area contributed by atoms with E-state index in [2.05, 4.69) is 145 Å². The van der Waals surface area contributed by atoms with Crippen LogP contribution in [0.5, 0.6) is 0 Å². The molecule has 0 amide bonds. The van der Waals surface area contributed by atoms with Gasteiger partial charge in [-0.15, -0.1) is 0 Å². The summed E-state index contributed by atoms with van der Waals surface area (Å²) < 4.78 is 0. The van der Waals surface area contributed by atoms with Crippen molar-refractivity contribution in [1.29, 1.82) is 0 Å². The zero-order valence-corrected chi connectivity index (χ0v) is 19.9. The van der Waals surface area contributed by atoms with Crippen LogP contribution in [0, 0.1) is 0 Å². The van der Waals surface area contributed by atoms with Crippen LogP contribution in [0.4, 0.5) is 11.4 Å². The highest BCUT2D eigenvalue weighted by Gasteiger charge is 2.46. The highest BCUT2D eigenvalue weighted by atomic mass is 14.9. The van der Waals surface area contributed by atoms with Crippen LogP contribution in [0.3, 0.4) is 0 Å². The van der Waals surface area contributed by atoms with E-state index in [0.717, 1.165) is 11.4 Å². The molecule has 0 fully saturated rings. The molecule has 6 aromatic carbocycles. The molecule has 7 rings (SSSR count). The molecule has 1 aliphatic carbocycles. The molecule has 0 aliphatic heterocycles. The molecule has 6 aromatic rings. The second kappa shape index (κ2) is 8.25. The van der Waals surface area contributed by atoms with Crippen molar-refractivity contribution in [2.24, 2.45) is 0 Å². The number of anilines is 2. The Balaban J connectivity index is 1.50. The Kier molecular flexibility index (Phi) is 4.75. The molecule has 0 bridgehead atoms. The predicted molar refractivity (Wildman–Crippen MR) is 151 cm³/mol. The van der Waals surface area contributed by atoms with Gasteiger partial charge in [-0.2, -0.15) is 0 Å². The summed E-state index contributed by atoms with van der Waals surface area (Å²) in [7, 11) is 0. The fourth-order valence-corrected chi connectivity index (χ4v) is 6.02. The third-order valence-corrected chi connectivity index (χ3v) is 7.52. The highest BCUT2D eigenvalue weighted by Crippen LogP contribution is 2.57. The van der Waals surface area contributed by atoms with E-state index >= 15 is 0 Å². The van der Waals surface area contributed by atoms with Gasteiger partial charge in [0.1, 0.15) is 0 Å². The van der Waals surface area contributed by atoms with E-state index in [4.69, 9.17) is 0 Å². The summed E-state index contributed by atoms with van der Waals surface area (Å²) in [6.45, 7) is 0. The molecule has 0 spiro atoms. The van der Waals surface area contributed by atoms with Crippen LogP contribution >= 0.6 is 0 Å². The van der Waals surface area contributed by atoms with Crippen LogP contribution < -0.4 is 5.32 Å². The van der Waals surface area contributed by atoms with Crippen LogP contribution in [0.15, 0.2) is 146 Å². The van der Waals surface area contributed by atoms with Gasteiger partial charge in [0.2, 0.25) is 0 Å². The summed E-state index contributed by atoms with van der Waals surface area (Å²) in [4.78, 5) is 0. The number of nitrogens with one attached hydrogen (secondary N) is 1. The van der Waals surface area contributed by atoms with Gasteiger partial charge in [0, 0.05) is 11.4 Å². The number of fused-ring (bicyclic) bond motifs is 5. The number of para-hydroxylation sites is 1. The summed E-state index contributed by atoms with van der Waals surface area (Å²) in [6.07, 6.45) is 0. The molecule has 1 nitrogen and oxygen atoms in total. The monoisotopic (exact) mass is 459 g/mol. The van der Waals surface area contributed by atoms with Crippen molar-refractivity contribution in [1.82, 2.24) is 0 Å². The maximum Gasteiger partial charge on any atom is 0.0713 e. The Bertz CT molecular complexity index is 1680. The van der Waals surface area contributed by atoms with Crippen molar-refractivity contribution < 1.29 is 0 Å². The lowest BCUT2D eigenvalue weighted by Gasteiger charge is -2.34. The summed E-state index contributed by atoms with van der Waals surface area (Å²) in [5, 5.41) is 6.12. The standard InChI is InChI=1S/C35H25N/c1-3-12-26(13-4-1)35(27-20-22-29(23-21-27)36-28-14-5-2-6-15-28)32-18-10-9-17-31(32)34-30-16-8-7-11-25(30)19-24-33(34)35/h1-24,36H. The molecule has 0 radical (unpaired) electrons.